The van der Waals surface area contributed by atoms with Crippen molar-refractivity contribution in [2.45, 2.75) is 32.7 Å². The number of hydrogen-bond donors (Lipinski definition) is 2. The molecule has 0 aliphatic carbocycles. The predicted molar refractivity (Wildman–Crippen MR) is 117 cm³/mol. The minimum absolute atomic E-state index is 0.716. The van der Waals surface area contributed by atoms with Crippen LogP contribution in [-0.2, 0) is 11.3 Å². The van der Waals surface area contributed by atoms with E-state index in [-0.39, 0.29) is 0 Å². The van der Waals surface area contributed by atoms with Gasteiger partial charge < -0.3 is 25.2 Å². The van der Waals surface area contributed by atoms with Crippen LogP contribution in [0.1, 0.15) is 31.7 Å². The first kappa shape index (κ1) is 22.4. The molecule has 1 aromatic heterocycles. The first-order chi connectivity index (χ1) is 13.6. The molecule has 1 aliphatic rings. The van der Waals surface area contributed by atoms with E-state index in [0.29, 0.717) is 6.54 Å². The molecule has 1 aliphatic heterocycles. The first-order valence-electron chi connectivity index (χ1n) is 10.4. The van der Waals surface area contributed by atoms with E-state index in [1.54, 1.807) is 14.2 Å². The fraction of sp³-hybridized carbons (Fsp3) is 0.714. The number of nitrogens with zero attached hydrogens (tertiary/aromatic N) is 4. The fourth-order valence-corrected chi connectivity index (χ4v) is 3.31. The Morgan fingerprint density at radius 2 is 2.07 bits per heavy atom. The lowest BCUT2D eigenvalue weighted by molar-refractivity contribution is 0.180. The third-order valence-electron chi connectivity index (χ3n) is 5.27. The van der Waals surface area contributed by atoms with Crippen molar-refractivity contribution >= 4 is 11.8 Å². The number of pyridine rings is 1. The molecule has 1 fully saturated rings. The van der Waals surface area contributed by atoms with Crippen molar-refractivity contribution in [2.75, 3.05) is 65.4 Å². The first-order valence-corrected chi connectivity index (χ1v) is 10.4. The monoisotopic (exact) mass is 390 g/mol. The van der Waals surface area contributed by atoms with Gasteiger partial charge >= 0.3 is 0 Å². The number of guanidine groups is 1. The van der Waals surface area contributed by atoms with E-state index < -0.39 is 0 Å². The summed E-state index contributed by atoms with van der Waals surface area (Å²) in [6.45, 7) is 8.95. The van der Waals surface area contributed by atoms with Gasteiger partial charge in [0, 0.05) is 66.2 Å². The Hall–Kier alpha value is -1.86. The van der Waals surface area contributed by atoms with Gasteiger partial charge in [-0.05, 0) is 43.9 Å². The molecule has 2 N–H and O–H groups in total. The van der Waals surface area contributed by atoms with Gasteiger partial charge in [-0.1, -0.05) is 13.0 Å². The molecule has 0 aromatic carbocycles. The Morgan fingerprint density at radius 1 is 1.29 bits per heavy atom. The molecule has 1 aromatic rings. The summed E-state index contributed by atoms with van der Waals surface area (Å²) in [7, 11) is 5.68. The number of methoxy groups -OCH3 is 1. The summed E-state index contributed by atoms with van der Waals surface area (Å²) in [5.74, 6) is 2.75. The average molecular weight is 391 g/mol. The quantitative estimate of drug-likeness (QED) is 0.362. The van der Waals surface area contributed by atoms with E-state index >= 15 is 0 Å². The van der Waals surface area contributed by atoms with E-state index in [4.69, 9.17) is 4.74 Å². The van der Waals surface area contributed by atoms with Crippen LogP contribution >= 0.6 is 0 Å². The fourth-order valence-electron chi connectivity index (χ4n) is 3.31. The van der Waals surface area contributed by atoms with Gasteiger partial charge in [0.15, 0.2) is 5.96 Å². The van der Waals surface area contributed by atoms with Crippen molar-refractivity contribution in [1.82, 2.24) is 20.5 Å². The van der Waals surface area contributed by atoms with Crippen molar-refractivity contribution < 1.29 is 4.74 Å². The van der Waals surface area contributed by atoms with Crippen molar-refractivity contribution in [3.8, 4) is 0 Å². The molecule has 1 saturated heterocycles. The zero-order valence-corrected chi connectivity index (χ0v) is 18.1. The summed E-state index contributed by atoms with van der Waals surface area (Å²) < 4.78 is 5.09. The van der Waals surface area contributed by atoms with Gasteiger partial charge in [-0.25, -0.2) is 4.98 Å². The largest absolute Gasteiger partial charge is 0.385 e. The zero-order chi connectivity index (χ0) is 20.2. The van der Waals surface area contributed by atoms with Crippen molar-refractivity contribution in [3.05, 3.63) is 23.9 Å². The van der Waals surface area contributed by atoms with Gasteiger partial charge in [0.05, 0.1) is 0 Å². The second-order valence-electron chi connectivity index (χ2n) is 7.70. The lowest BCUT2D eigenvalue weighted by Gasteiger charge is -2.31. The summed E-state index contributed by atoms with van der Waals surface area (Å²) >= 11 is 0. The molecular formula is C21H38N6O. The highest BCUT2D eigenvalue weighted by Crippen LogP contribution is 2.21. The van der Waals surface area contributed by atoms with Crippen LogP contribution in [0.4, 0.5) is 5.82 Å². The maximum atomic E-state index is 5.09. The number of aliphatic imine (C=N–C) groups is 1. The third kappa shape index (κ3) is 8.02. The van der Waals surface area contributed by atoms with Crippen LogP contribution in [0, 0.1) is 5.92 Å². The Morgan fingerprint density at radius 3 is 2.71 bits per heavy atom. The van der Waals surface area contributed by atoms with Gasteiger partial charge in [0.1, 0.15) is 5.82 Å². The van der Waals surface area contributed by atoms with Gasteiger partial charge in [0.2, 0.25) is 0 Å². The third-order valence-corrected chi connectivity index (χ3v) is 5.27. The second kappa shape index (κ2) is 12.6. The van der Waals surface area contributed by atoms with E-state index in [1.165, 1.54) is 12.8 Å². The van der Waals surface area contributed by atoms with E-state index in [0.717, 1.165) is 69.0 Å². The molecule has 7 heteroatoms. The number of rotatable bonds is 10. The molecular weight excluding hydrogens is 352 g/mol. The number of aromatic nitrogens is 1. The maximum absolute atomic E-state index is 5.09. The predicted octanol–water partition coefficient (Wildman–Crippen LogP) is 1.95. The Kier molecular flexibility index (Phi) is 10.1. The van der Waals surface area contributed by atoms with E-state index in [1.807, 2.05) is 6.20 Å². The highest BCUT2D eigenvalue weighted by atomic mass is 16.5. The topological polar surface area (TPSA) is 65.0 Å². The SMILES string of the molecule is CN=C(NCCN(C)CCCOC)NCc1ccc(N2CCC(C)CC2)nc1. The molecule has 158 valence electrons. The second-order valence-corrected chi connectivity index (χ2v) is 7.70. The summed E-state index contributed by atoms with van der Waals surface area (Å²) in [6, 6.07) is 4.29. The normalized spacial score (nSPS) is 15.9. The Balaban J connectivity index is 1.68. The number of likely N-dealkylation sites (N-methyl/N-ethyl adjacent to an activating group) is 1. The van der Waals surface area contributed by atoms with Crippen LogP contribution < -0.4 is 15.5 Å². The maximum Gasteiger partial charge on any atom is 0.191 e. The summed E-state index contributed by atoms with van der Waals surface area (Å²) in [6.07, 6.45) is 5.54. The minimum atomic E-state index is 0.716. The van der Waals surface area contributed by atoms with E-state index in [9.17, 15) is 0 Å². The smallest absolute Gasteiger partial charge is 0.191 e. The molecule has 28 heavy (non-hydrogen) atoms. The molecule has 0 spiro atoms. The van der Waals surface area contributed by atoms with Crippen molar-refractivity contribution in [3.63, 3.8) is 0 Å². The molecule has 0 atom stereocenters. The van der Waals surface area contributed by atoms with Gasteiger partial charge in [-0.3, -0.25) is 4.99 Å². The summed E-state index contributed by atoms with van der Waals surface area (Å²) in [5.41, 5.74) is 1.16. The lowest BCUT2D eigenvalue weighted by atomic mass is 9.99. The molecule has 0 bridgehead atoms. The summed E-state index contributed by atoms with van der Waals surface area (Å²) in [5, 5.41) is 6.73. The minimum Gasteiger partial charge on any atom is -0.385 e. The standard InChI is InChI=1S/C21H38N6O/c1-18-8-12-27(13-9-18)20-7-6-19(16-24-20)17-25-21(22-2)23-10-14-26(3)11-5-15-28-4/h6-7,16,18H,5,8-15,17H2,1-4H3,(H2,22,23,25). The van der Waals surface area contributed by atoms with Crippen LogP contribution in [0.2, 0.25) is 0 Å². The molecule has 2 rings (SSSR count). The molecule has 0 amide bonds. The number of piperidine rings is 1. The van der Waals surface area contributed by atoms with Crippen LogP contribution in [0.5, 0.6) is 0 Å². The Bertz CT molecular complexity index is 569. The van der Waals surface area contributed by atoms with Gasteiger partial charge in [-0.15, -0.1) is 0 Å². The van der Waals surface area contributed by atoms with Crippen LogP contribution in [0.25, 0.3) is 0 Å². The highest BCUT2D eigenvalue weighted by molar-refractivity contribution is 5.79. The number of ether oxygens (including phenoxy) is 1. The Labute approximate surface area is 170 Å². The van der Waals surface area contributed by atoms with Crippen molar-refractivity contribution in [2.24, 2.45) is 10.9 Å². The molecule has 0 saturated carbocycles. The van der Waals surface area contributed by atoms with Crippen LogP contribution in [-0.4, -0.2) is 76.4 Å². The van der Waals surface area contributed by atoms with Gasteiger partial charge in [-0.2, -0.15) is 0 Å². The van der Waals surface area contributed by atoms with E-state index in [2.05, 4.69) is 56.5 Å². The summed E-state index contributed by atoms with van der Waals surface area (Å²) in [4.78, 5) is 13.6. The zero-order valence-electron chi connectivity index (χ0n) is 18.1. The molecule has 2 heterocycles. The number of hydrogen-bond acceptors (Lipinski definition) is 5. The number of anilines is 1. The molecule has 0 unspecified atom stereocenters. The molecule has 7 nitrogen and oxygen atoms in total. The number of nitrogens with one attached hydrogen (secondary N) is 2. The van der Waals surface area contributed by atoms with Gasteiger partial charge in [0.25, 0.3) is 0 Å². The highest BCUT2D eigenvalue weighted by Gasteiger charge is 2.16. The average Bonchev–Trinajstić information content (AvgIpc) is 2.72. The lowest BCUT2D eigenvalue weighted by Crippen LogP contribution is -2.40. The van der Waals surface area contributed by atoms with Crippen molar-refractivity contribution in [1.29, 1.82) is 0 Å². The van der Waals surface area contributed by atoms with Crippen LogP contribution in [0.15, 0.2) is 23.3 Å². The van der Waals surface area contributed by atoms with Crippen LogP contribution in [0.3, 0.4) is 0 Å². The molecule has 0 radical (unpaired) electrons.